The van der Waals surface area contributed by atoms with Gasteiger partial charge in [-0.05, 0) is 37.1 Å². The highest BCUT2D eigenvalue weighted by Crippen LogP contribution is 2.22. The van der Waals surface area contributed by atoms with Gasteiger partial charge in [0.05, 0.1) is 31.9 Å². The molecule has 0 atom stereocenters. The van der Waals surface area contributed by atoms with Crippen molar-refractivity contribution in [3.8, 4) is 0 Å². The van der Waals surface area contributed by atoms with Crippen LogP contribution in [0.4, 0.5) is 10.5 Å². The monoisotopic (exact) mass is 539 g/mol. The first-order valence-corrected chi connectivity index (χ1v) is 15.1. The molecular formula is C28H49N3O5S. The van der Waals surface area contributed by atoms with Crippen LogP contribution in [-0.4, -0.2) is 61.0 Å². The molecule has 9 heteroatoms. The zero-order valence-corrected chi connectivity index (χ0v) is 24.0. The Labute approximate surface area is 224 Å². The van der Waals surface area contributed by atoms with E-state index < -0.39 is 22.0 Å². The van der Waals surface area contributed by atoms with Gasteiger partial charge in [0.2, 0.25) is 0 Å². The third kappa shape index (κ3) is 14.4. The lowest BCUT2D eigenvalue weighted by atomic mass is 10.1. The van der Waals surface area contributed by atoms with Crippen LogP contribution in [0, 0.1) is 0 Å². The van der Waals surface area contributed by atoms with Gasteiger partial charge in [0.15, 0.2) is 0 Å². The van der Waals surface area contributed by atoms with Gasteiger partial charge in [0.1, 0.15) is 16.0 Å². The third-order valence-corrected chi connectivity index (χ3v) is 6.89. The highest BCUT2D eigenvalue weighted by Gasteiger charge is 2.24. The summed E-state index contributed by atoms with van der Waals surface area (Å²) < 4.78 is 32.6. The number of carbonyl (C=O) groups excluding carboxylic acids is 1. The molecule has 0 radical (unpaired) electrons. The van der Waals surface area contributed by atoms with E-state index >= 15 is 0 Å². The van der Waals surface area contributed by atoms with Gasteiger partial charge in [-0.1, -0.05) is 89.8 Å². The van der Waals surface area contributed by atoms with Crippen LogP contribution in [0.2, 0.25) is 0 Å². The number of anilines is 1. The quantitative estimate of drug-likeness (QED) is 0.224. The SMILES string of the molecule is CCCC[N+](CCCC)(CCCC)CCCC.O.O=C(NCS(=O)(=O)[O-])Nc1cccc2ccccc12. The van der Waals surface area contributed by atoms with E-state index in [-0.39, 0.29) is 5.48 Å². The van der Waals surface area contributed by atoms with E-state index in [0.29, 0.717) is 5.69 Å². The van der Waals surface area contributed by atoms with Gasteiger partial charge in [-0.3, -0.25) is 0 Å². The van der Waals surface area contributed by atoms with Crippen molar-refractivity contribution in [2.45, 2.75) is 79.1 Å². The molecule has 2 aromatic rings. The van der Waals surface area contributed by atoms with Gasteiger partial charge in [-0.2, -0.15) is 0 Å². The van der Waals surface area contributed by atoms with Crippen molar-refractivity contribution >= 4 is 32.6 Å². The molecule has 0 fully saturated rings. The molecule has 0 heterocycles. The Balaban J connectivity index is 0.000000688. The molecule has 4 N–H and O–H groups in total. The number of benzene rings is 2. The van der Waals surface area contributed by atoms with Crippen molar-refractivity contribution < 1.29 is 27.7 Å². The Kier molecular flexibility index (Phi) is 17.8. The van der Waals surface area contributed by atoms with E-state index in [1.54, 1.807) is 12.1 Å². The van der Waals surface area contributed by atoms with Gasteiger partial charge >= 0.3 is 6.03 Å². The molecule has 0 spiro atoms. The lowest BCUT2D eigenvalue weighted by molar-refractivity contribution is -0.929. The molecule has 0 bridgehead atoms. The van der Waals surface area contributed by atoms with E-state index in [4.69, 9.17) is 0 Å². The predicted molar refractivity (Wildman–Crippen MR) is 154 cm³/mol. The molecule has 0 saturated heterocycles. The van der Waals surface area contributed by atoms with E-state index in [9.17, 15) is 17.8 Å². The Morgan fingerprint density at radius 1 is 0.784 bits per heavy atom. The second-order valence-corrected chi connectivity index (χ2v) is 10.9. The van der Waals surface area contributed by atoms with Crippen molar-refractivity contribution in [1.29, 1.82) is 0 Å². The van der Waals surface area contributed by atoms with Crippen molar-refractivity contribution in [3.63, 3.8) is 0 Å². The first kappa shape index (κ1) is 34.8. The molecule has 0 aliphatic rings. The number of quaternary nitrogens is 1. The number of nitrogens with one attached hydrogen (secondary N) is 2. The Bertz CT molecular complexity index is 955. The minimum Gasteiger partial charge on any atom is -0.747 e. The van der Waals surface area contributed by atoms with Gasteiger partial charge in [-0.15, -0.1) is 0 Å². The normalized spacial score (nSPS) is 11.3. The molecule has 212 valence electrons. The summed E-state index contributed by atoms with van der Waals surface area (Å²) in [5.41, 5.74) is 0.541. The van der Waals surface area contributed by atoms with Crippen LogP contribution in [0.1, 0.15) is 79.1 Å². The molecule has 0 unspecified atom stereocenters. The average molecular weight is 540 g/mol. The minimum absolute atomic E-state index is 0. The van der Waals surface area contributed by atoms with Crippen LogP contribution >= 0.6 is 0 Å². The molecule has 0 aliphatic carbocycles. The number of hydrogen-bond donors (Lipinski definition) is 2. The second kappa shape index (κ2) is 19.0. The standard InChI is InChI=1S/C16H36N.C12H12N2O4S.H2O/c1-5-9-13-17(14-10-6-2,15-11-7-3)16-12-8-4;15-12(13-8-19(16,17)18)14-11-7-3-5-9-4-1-2-6-10(9)11;/h5-16H2,1-4H3;1-7H,8H2,(H2,13,14,15)(H,16,17,18);1H2/q+1;;/p-1. The molecule has 0 saturated carbocycles. The second-order valence-electron chi connectivity index (χ2n) is 9.51. The Morgan fingerprint density at radius 3 is 1.70 bits per heavy atom. The zero-order valence-electron chi connectivity index (χ0n) is 23.2. The first-order valence-electron chi connectivity index (χ1n) is 13.5. The first-order chi connectivity index (χ1) is 17.2. The van der Waals surface area contributed by atoms with Gasteiger partial charge in [0, 0.05) is 5.39 Å². The van der Waals surface area contributed by atoms with Crippen molar-refractivity contribution in [2.75, 3.05) is 37.4 Å². The molecule has 37 heavy (non-hydrogen) atoms. The van der Waals surface area contributed by atoms with Crippen LogP contribution in [0.25, 0.3) is 10.8 Å². The van der Waals surface area contributed by atoms with Gasteiger partial charge in [0.25, 0.3) is 0 Å². The van der Waals surface area contributed by atoms with Gasteiger partial charge in [-0.25, -0.2) is 13.2 Å². The van der Waals surface area contributed by atoms with Gasteiger partial charge < -0.3 is 25.1 Å². The number of amides is 2. The van der Waals surface area contributed by atoms with E-state index in [1.165, 1.54) is 82.0 Å². The minimum atomic E-state index is -4.48. The van der Waals surface area contributed by atoms with E-state index in [2.05, 4.69) is 33.0 Å². The van der Waals surface area contributed by atoms with Crippen molar-refractivity contribution in [3.05, 3.63) is 42.5 Å². The maximum absolute atomic E-state index is 11.5. The summed E-state index contributed by atoms with van der Waals surface area (Å²) in [7, 11) is -4.48. The molecule has 0 aliphatic heterocycles. The largest absolute Gasteiger partial charge is 0.747 e. The average Bonchev–Trinajstić information content (AvgIpc) is 2.87. The number of urea groups is 1. The summed E-state index contributed by atoms with van der Waals surface area (Å²) in [5, 5.41) is 6.26. The van der Waals surface area contributed by atoms with Crippen molar-refractivity contribution in [2.24, 2.45) is 0 Å². The molecule has 8 nitrogen and oxygen atoms in total. The number of nitrogens with zero attached hydrogens (tertiary/aromatic N) is 1. The summed E-state index contributed by atoms with van der Waals surface area (Å²) in [5.74, 6) is -0.941. The molecular weight excluding hydrogens is 490 g/mol. The number of hydrogen-bond acceptors (Lipinski definition) is 4. The maximum Gasteiger partial charge on any atom is 0.320 e. The van der Waals surface area contributed by atoms with Crippen LogP contribution in [0.15, 0.2) is 42.5 Å². The predicted octanol–water partition coefficient (Wildman–Crippen LogP) is 5.64. The Hall–Kier alpha value is -2.20. The van der Waals surface area contributed by atoms with Crippen LogP contribution in [0.3, 0.4) is 0 Å². The Morgan fingerprint density at radius 2 is 1.24 bits per heavy atom. The van der Waals surface area contributed by atoms with Crippen LogP contribution < -0.4 is 10.6 Å². The number of rotatable bonds is 15. The summed E-state index contributed by atoms with van der Waals surface area (Å²) in [4.78, 5) is 11.5. The number of fused-ring (bicyclic) bond motifs is 1. The van der Waals surface area contributed by atoms with Crippen molar-refractivity contribution in [1.82, 2.24) is 5.32 Å². The fourth-order valence-electron chi connectivity index (χ4n) is 4.30. The van der Waals surface area contributed by atoms with E-state index in [0.717, 1.165) is 10.8 Å². The molecule has 2 aromatic carbocycles. The lowest BCUT2D eigenvalue weighted by Crippen LogP contribution is -2.50. The number of unbranched alkanes of at least 4 members (excludes halogenated alkanes) is 4. The fourth-order valence-corrected chi connectivity index (χ4v) is 4.61. The topological polar surface area (TPSA) is 130 Å². The maximum atomic E-state index is 11.5. The molecule has 2 amide bonds. The van der Waals surface area contributed by atoms with E-state index in [1.807, 2.05) is 35.6 Å². The third-order valence-electron chi connectivity index (χ3n) is 6.39. The summed E-state index contributed by atoms with van der Waals surface area (Å²) in [6.45, 7) is 15.0. The highest BCUT2D eigenvalue weighted by atomic mass is 32.2. The number of carbonyl (C=O) groups is 1. The highest BCUT2D eigenvalue weighted by molar-refractivity contribution is 7.85. The summed E-state index contributed by atoms with van der Waals surface area (Å²) in [6, 6.07) is 12.0. The summed E-state index contributed by atoms with van der Waals surface area (Å²) >= 11 is 0. The van der Waals surface area contributed by atoms with Crippen LogP contribution in [0.5, 0.6) is 0 Å². The zero-order chi connectivity index (χ0) is 26.9. The fraction of sp³-hybridized carbons (Fsp3) is 0.607. The smallest absolute Gasteiger partial charge is 0.320 e. The van der Waals surface area contributed by atoms with Crippen LogP contribution in [-0.2, 0) is 10.1 Å². The molecule has 0 aromatic heterocycles. The summed E-state index contributed by atoms with van der Waals surface area (Å²) in [6.07, 6.45) is 11.1. The lowest BCUT2D eigenvalue weighted by Gasteiger charge is -2.39. The molecule has 2 rings (SSSR count).